The highest BCUT2D eigenvalue weighted by atomic mass is 32.2. The third kappa shape index (κ3) is 6.89. The van der Waals surface area contributed by atoms with Crippen molar-refractivity contribution in [2.45, 2.75) is 45.4 Å². The van der Waals surface area contributed by atoms with Gasteiger partial charge >= 0.3 is 0 Å². The fourth-order valence-corrected chi connectivity index (χ4v) is 2.42. The van der Waals surface area contributed by atoms with Crippen LogP contribution in [0.5, 0.6) is 0 Å². The third-order valence-electron chi connectivity index (χ3n) is 2.93. The van der Waals surface area contributed by atoms with Crippen LogP contribution in [0.15, 0.2) is 17.6 Å². The van der Waals surface area contributed by atoms with Crippen LogP contribution in [0, 0.1) is 0 Å². The largest absolute Gasteiger partial charge is 0.310 e. The summed E-state index contributed by atoms with van der Waals surface area (Å²) >= 11 is 1.73. The van der Waals surface area contributed by atoms with Crippen LogP contribution in [0.1, 0.15) is 33.3 Å². The minimum absolute atomic E-state index is 0.489. The summed E-state index contributed by atoms with van der Waals surface area (Å²) in [5.41, 5.74) is 1.14. The lowest BCUT2D eigenvalue weighted by Crippen LogP contribution is -2.25. The highest BCUT2D eigenvalue weighted by molar-refractivity contribution is 7.99. The number of hydrogen-bond acceptors (Lipinski definition) is 5. The van der Waals surface area contributed by atoms with Crippen molar-refractivity contribution in [2.24, 2.45) is 0 Å². The molecule has 0 fully saturated rings. The van der Waals surface area contributed by atoms with E-state index in [1.807, 2.05) is 12.4 Å². The average molecular weight is 282 g/mol. The molecule has 108 valence electrons. The summed E-state index contributed by atoms with van der Waals surface area (Å²) in [6.07, 6.45) is 3.84. The van der Waals surface area contributed by atoms with Gasteiger partial charge in [-0.1, -0.05) is 39.5 Å². The molecular weight excluding hydrogens is 256 g/mol. The minimum Gasteiger partial charge on any atom is -0.310 e. The molecule has 1 N–H and O–H groups in total. The van der Waals surface area contributed by atoms with Gasteiger partial charge in [-0.25, -0.2) is 9.97 Å². The lowest BCUT2D eigenvalue weighted by molar-refractivity contribution is 0.324. The molecule has 1 aromatic rings. The standard InChI is InChI=1S/C14H26N4S/c1-5-18(6-2)7-8-19-14-16-10-13(11-17-14)9-15-12(3)4/h10-12,15H,5-9H2,1-4H3. The van der Waals surface area contributed by atoms with Crippen molar-refractivity contribution in [1.82, 2.24) is 20.2 Å². The van der Waals surface area contributed by atoms with Crippen molar-refractivity contribution < 1.29 is 0 Å². The highest BCUT2D eigenvalue weighted by Gasteiger charge is 2.02. The van der Waals surface area contributed by atoms with Gasteiger partial charge in [0.15, 0.2) is 5.16 Å². The Morgan fingerprint density at radius 3 is 2.37 bits per heavy atom. The molecule has 0 atom stereocenters. The quantitative estimate of drug-likeness (QED) is 0.556. The first-order chi connectivity index (χ1) is 9.15. The first-order valence-corrected chi connectivity index (χ1v) is 8.03. The van der Waals surface area contributed by atoms with Gasteiger partial charge in [-0.3, -0.25) is 0 Å². The molecule has 0 amide bonds. The topological polar surface area (TPSA) is 41.1 Å². The number of rotatable bonds is 9. The second kappa shape index (κ2) is 9.28. The number of hydrogen-bond donors (Lipinski definition) is 1. The molecule has 4 nitrogen and oxygen atoms in total. The van der Waals surface area contributed by atoms with Gasteiger partial charge in [0.2, 0.25) is 0 Å². The van der Waals surface area contributed by atoms with Crippen molar-refractivity contribution >= 4 is 11.8 Å². The van der Waals surface area contributed by atoms with E-state index in [1.54, 1.807) is 11.8 Å². The number of nitrogens with one attached hydrogen (secondary N) is 1. The van der Waals surface area contributed by atoms with Crippen LogP contribution in [0.4, 0.5) is 0 Å². The maximum Gasteiger partial charge on any atom is 0.187 e. The molecule has 0 saturated carbocycles. The van der Waals surface area contributed by atoms with Crippen LogP contribution in [0.2, 0.25) is 0 Å². The van der Waals surface area contributed by atoms with E-state index in [0.717, 1.165) is 42.7 Å². The van der Waals surface area contributed by atoms with E-state index < -0.39 is 0 Å². The summed E-state index contributed by atoms with van der Waals surface area (Å²) in [6, 6.07) is 0.489. The predicted octanol–water partition coefficient (Wildman–Crippen LogP) is 2.41. The van der Waals surface area contributed by atoms with Gasteiger partial charge in [0.1, 0.15) is 0 Å². The lowest BCUT2D eigenvalue weighted by Gasteiger charge is -2.16. The predicted molar refractivity (Wildman–Crippen MR) is 82.5 cm³/mol. The van der Waals surface area contributed by atoms with Gasteiger partial charge in [0, 0.05) is 42.8 Å². The van der Waals surface area contributed by atoms with Crippen LogP contribution >= 0.6 is 11.8 Å². The zero-order valence-electron chi connectivity index (χ0n) is 12.5. The van der Waals surface area contributed by atoms with E-state index in [-0.39, 0.29) is 0 Å². The Morgan fingerprint density at radius 2 is 1.84 bits per heavy atom. The maximum atomic E-state index is 4.40. The van der Waals surface area contributed by atoms with Gasteiger partial charge < -0.3 is 10.2 Å². The van der Waals surface area contributed by atoms with Crippen molar-refractivity contribution in [2.75, 3.05) is 25.4 Å². The summed E-state index contributed by atoms with van der Waals surface area (Å²) in [4.78, 5) is 11.2. The molecular formula is C14H26N4S. The Kier molecular flexibility index (Phi) is 8.02. The molecule has 1 rings (SSSR count). The van der Waals surface area contributed by atoms with Crippen LogP contribution < -0.4 is 5.32 Å². The molecule has 0 bridgehead atoms. The molecule has 0 unspecified atom stereocenters. The van der Waals surface area contributed by atoms with Crippen LogP contribution in [0.3, 0.4) is 0 Å². The molecule has 19 heavy (non-hydrogen) atoms. The third-order valence-corrected chi connectivity index (χ3v) is 3.78. The molecule has 5 heteroatoms. The summed E-state index contributed by atoms with van der Waals surface area (Å²) in [5.74, 6) is 1.05. The minimum atomic E-state index is 0.489. The number of nitrogens with zero attached hydrogens (tertiary/aromatic N) is 3. The molecule has 0 aliphatic heterocycles. The molecule has 0 radical (unpaired) electrons. The van der Waals surface area contributed by atoms with Gasteiger partial charge in [0.25, 0.3) is 0 Å². The Bertz CT molecular complexity index is 336. The van der Waals surface area contributed by atoms with Crippen LogP contribution in [0.25, 0.3) is 0 Å². The average Bonchev–Trinajstić information content (AvgIpc) is 2.42. The Morgan fingerprint density at radius 1 is 1.21 bits per heavy atom. The van der Waals surface area contributed by atoms with Gasteiger partial charge in [0.05, 0.1) is 0 Å². The Hall–Kier alpha value is -0.650. The molecule has 1 heterocycles. The van der Waals surface area contributed by atoms with Gasteiger partial charge in [-0.2, -0.15) is 0 Å². The first-order valence-electron chi connectivity index (χ1n) is 7.05. The summed E-state index contributed by atoms with van der Waals surface area (Å²) < 4.78 is 0. The summed E-state index contributed by atoms with van der Waals surface area (Å²) in [6.45, 7) is 12.8. The molecule has 0 saturated heterocycles. The van der Waals surface area contributed by atoms with Crippen molar-refractivity contribution in [1.29, 1.82) is 0 Å². The van der Waals surface area contributed by atoms with Gasteiger partial charge in [-0.05, 0) is 13.1 Å². The zero-order valence-corrected chi connectivity index (χ0v) is 13.3. The Labute approximate surface area is 121 Å². The normalized spacial score (nSPS) is 11.5. The summed E-state index contributed by atoms with van der Waals surface area (Å²) in [5, 5.41) is 4.24. The maximum absolute atomic E-state index is 4.40. The molecule has 0 aliphatic rings. The first kappa shape index (κ1) is 16.4. The summed E-state index contributed by atoms with van der Waals surface area (Å²) in [7, 11) is 0. The fraction of sp³-hybridized carbons (Fsp3) is 0.714. The van der Waals surface area contributed by atoms with E-state index in [4.69, 9.17) is 0 Å². The lowest BCUT2D eigenvalue weighted by atomic mass is 10.3. The van der Waals surface area contributed by atoms with Crippen molar-refractivity contribution in [3.63, 3.8) is 0 Å². The molecule has 1 aromatic heterocycles. The highest BCUT2D eigenvalue weighted by Crippen LogP contribution is 2.12. The molecule has 0 aromatic carbocycles. The zero-order chi connectivity index (χ0) is 14.1. The SMILES string of the molecule is CCN(CC)CCSc1ncc(CNC(C)C)cn1. The van der Waals surface area contributed by atoms with Gasteiger partial charge in [-0.15, -0.1) is 0 Å². The number of thioether (sulfide) groups is 1. The Balaban J connectivity index is 2.31. The van der Waals surface area contributed by atoms with E-state index in [9.17, 15) is 0 Å². The fourth-order valence-electron chi connectivity index (χ4n) is 1.64. The second-order valence-corrected chi connectivity index (χ2v) is 5.85. The van der Waals surface area contributed by atoms with E-state index in [1.165, 1.54) is 0 Å². The monoisotopic (exact) mass is 282 g/mol. The van der Waals surface area contributed by atoms with Crippen molar-refractivity contribution in [3.8, 4) is 0 Å². The molecule has 0 aliphatic carbocycles. The van der Waals surface area contributed by atoms with Crippen LogP contribution in [-0.2, 0) is 6.54 Å². The van der Waals surface area contributed by atoms with E-state index in [2.05, 4.69) is 47.9 Å². The molecule has 0 spiro atoms. The number of aromatic nitrogens is 2. The second-order valence-electron chi connectivity index (χ2n) is 4.78. The van der Waals surface area contributed by atoms with Crippen LogP contribution in [-0.4, -0.2) is 46.3 Å². The van der Waals surface area contributed by atoms with Crippen molar-refractivity contribution in [3.05, 3.63) is 18.0 Å². The smallest absolute Gasteiger partial charge is 0.187 e. The van der Waals surface area contributed by atoms with E-state index in [0.29, 0.717) is 6.04 Å². The van der Waals surface area contributed by atoms with E-state index >= 15 is 0 Å².